The Bertz CT molecular complexity index is 1000. The molecule has 2 aliphatic heterocycles. The van der Waals surface area contributed by atoms with Gasteiger partial charge in [0.1, 0.15) is 5.70 Å². The molecule has 0 aliphatic carbocycles. The number of carbonyl (C=O) groups excluding carboxylic acids is 2. The minimum atomic E-state index is -0.266. The largest absolute Gasteiger partial charge is 0.372 e. The molecule has 156 valence electrons. The lowest BCUT2D eigenvalue weighted by Gasteiger charge is -2.28. The lowest BCUT2D eigenvalue weighted by atomic mass is 9.97. The molecule has 1 N–H and O–H groups in total. The molecule has 2 heterocycles. The summed E-state index contributed by atoms with van der Waals surface area (Å²) in [7, 11) is 0. The number of likely N-dealkylation sites (N-methyl/N-ethyl adjacent to an activating group) is 1. The van der Waals surface area contributed by atoms with Crippen molar-refractivity contribution in [1.29, 1.82) is 0 Å². The molecule has 2 aliphatic rings. The first-order chi connectivity index (χ1) is 14.5. The molecule has 0 spiro atoms. The molecule has 5 heteroatoms. The third-order valence-electron chi connectivity index (χ3n) is 5.99. The maximum absolute atomic E-state index is 13.0. The van der Waals surface area contributed by atoms with E-state index in [1.165, 1.54) is 29.8 Å². The zero-order valence-corrected chi connectivity index (χ0v) is 18.0. The molecule has 0 radical (unpaired) electrons. The van der Waals surface area contributed by atoms with Crippen molar-refractivity contribution >= 4 is 28.8 Å². The Balaban J connectivity index is 1.67. The lowest BCUT2D eigenvalue weighted by Crippen LogP contribution is -2.32. The fourth-order valence-corrected chi connectivity index (χ4v) is 4.38. The highest BCUT2D eigenvalue weighted by Gasteiger charge is 2.38. The van der Waals surface area contributed by atoms with Crippen molar-refractivity contribution in [2.45, 2.75) is 40.0 Å². The van der Waals surface area contributed by atoms with Crippen LogP contribution in [0.5, 0.6) is 0 Å². The summed E-state index contributed by atoms with van der Waals surface area (Å²) in [5, 5.41) is 3.25. The second-order valence-electron chi connectivity index (χ2n) is 8.14. The number of benzene rings is 2. The number of aryl methyl sites for hydroxylation is 2. The third kappa shape index (κ3) is 3.72. The van der Waals surface area contributed by atoms with E-state index in [1.54, 1.807) is 0 Å². The predicted octanol–water partition coefficient (Wildman–Crippen LogP) is 4.51. The Labute approximate surface area is 178 Å². The molecule has 0 saturated carbocycles. The smallest absolute Gasteiger partial charge is 0.278 e. The first-order valence-electron chi connectivity index (χ1n) is 10.8. The second kappa shape index (κ2) is 8.34. The van der Waals surface area contributed by atoms with E-state index in [-0.39, 0.29) is 11.8 Å². The van der Waals surface area contributed by atoms with E-state index < -0.39 is 0 Å². The van der Waals surface area contributed by atoms with Crippen molar-refractivity contribution in [3.63, 3.8) is 0 Å². The SMILES string of the molecule is CCN1C(=O)C(Nc2ccc(N3CCCCC3)cc2)=C(c2ccc(C)cc2C)C1=O. The number of imide groups is 1. The zero-order valence-electron chi connectivity index (χ0n) is 18.0. The number of nitrogens with one attached hydrogen (secondary N) is 1. The van der Waals surface area contributed by atoms with Crippen LogP contribution < -0.4 is 10.2 Å². The van der Waals surface area contributed by atoms with Crippen molar-refractivity contribution in [3.8, 4) is 0 Å². The number of piperidine rings is 1. The summed E-state index contributed by atoms with van der Waals surface area (Å²) in [6.45, 7) is 8.36. The van der Waals surface area contributed by atoms with E-state index in [9.17, 15) is 9.59 Å². The van der Waals surface area contributed by atoms with Gasteiger partial charge in [-0.15, -0.1) is 0 Å². The van der Waals surface area contributed by atoms with Crippen LogP contribution in [0.4, 0.5) is 11.4 Å². The van der Waals surface area contributed by atoms with Gasteiger partial charge in [0.25, 0.3) is 11.8 Å². The summed E-state index contributed by atoms with van der Waals surface area (Å²) in [5.74, 6) is -0.500. The molecule has 0 unspecified atom stereocenters. The van der Waals surface area contributed by atoms with E-state index in [4.69, 9.17) is 0 Å². The van der Waals surface area contributed by atoms with Gasteiger partial charge in [0.05, 0.1) is 5.57 Å². The van der Waals surface area contributed by atoms with Crippen LogP contribution in [-0.2, 0) is 9.59 Å². The van der Waals surface area contributed by atoms with Gasteiger partial charge in [0, 0.05) is 31.0 Å². The Kier molecular flexibility index (Phi) is 5.62. The number of hydrogen-bond acceptors (Lipinski definition) is 4. The molecule has 0 bridgehead atoms. The van der Waals surface area contributed by atoms with E-state index in [1.807, 2.05) is 51.1 Å². The summed E-state index contributed by atoms with van der Waals surface area (Å²) in [4.78, 5) is 29.8. The van der Waals surface area contributed by atoms with Gasteiger partial charge in [-0.3, -0.25) is 14.5 Å². The first kappa shape index (κ1) is 20.2. The Morgan fingerprint density at radius 3 is 2.23 bits per heavy atom. The summed E-state index contributed by atoms with van der Waals surface area (Å²) in [6, 6.07) is 14.1. The number of nitrogens with zero attached hydrogens (tertiary/aromatic N) is 2. The first-order valence-corrected chi connectivity index (χ1v) is 10.8. The molecule has 1 fully saturated rings. The standard InChI is InChI=1S/C25H29N3O2/c1-4-28-24(29)22(21-13-8-17(2)16-18(21)3)23(25(28)30)26-19-9-11-20(12-10-19)27-14-6-5-7-15-27/h8-13,16,26H,4-7,14-15H2,1-3H3. The van der Waals surface area contributed by atoms with Crippen LogP contribution >= 0.6 is 0 Å². The monoisotopic (exact) mass is 403 g/mol. The minimum absolute atomic E-state index is 0.234. The fourth-order valence-electron chi connectivity index (χ4n) is 4.38. The number of amides is 2. The van der Waals surface area contributed by atoms with Crippen LogP contribution in [0.3, 0.4) is 0 Å². The normalized spacial score (nSPS) is 17.2. The highest BCUT2D eigenvalue weighted by atomic mass is 16.2. The summed E-state index contributed by atoms with van der Waals surface area (Å²) < 4.78 is 0. The van der Waals surface area contributed by atoms with E-state index in [0.717, 1.165) is 35.5 Å². The second-order valence-corrected chi connectivity index (χ2v) is 8.14. The molecule has 30 heavy (non-hydrogen) atoms. The molecule has 5 nitrogen and oxygen atoms in total. The topological polar surface area (TPSA) is 52.7 Å². The van der Waals surface area contributed by atoms with Crippen molar-refractivity contribution in [3.05, 3.63) is 64.9 Å². The highest BCUT2D eigenvalue weighted by molar-refractivity contribution is 6.36. The molecule has 2 aromatic rings. The maximum Gasteiger partial charge on any atom is 0.278 e. The van der Waals surface area contributed by atoms with Crippen LogP contribution in [0.1, 0.15) is 42.9 Å². The zero-order chi connectivity index (χ0) is 21.3. The van der Waals surface area contributed by atoms with Crippen LogP contribution in [0, 0.1) is 13.8 Å². The van der Waals surface area contributed by atoms with Crippen LogP contribution in [0.15, 0.2) is 48.2 Å². The minimum Gasteiger partial charge on any atom is -0.372 e. The highest BCUT2D eigenvalue weighted by Crippen LogP contribution is 2.33. The number of hydrogen-bond donors (Lipinski definition) is 1. The number of rotatable bonds is 5. The van der Waals surface area contributed by atoms with E-state index in [2.05, 4.69) is 22.3 Å². The van der Waals surface area contributed by atoms with Crippen molar-refractivity contribution in [1.82, 2.24) is 4.90 Å². The molecule has 0 atom stereocenters. The third-order valence-corrected chi connectivity index (χ3v) is 5.99. The molecule has 2 aromatic carbocycles. The molecule has 1 saturated heterocycles. The van der Waals surface area contributed by atoms with Gasteiger partial charge in [-0.05, 0) is 75.4 Å². The van der Waals surface area contributed by atoms with Gasteiger partial charge in [-0.2, -0.15) is 0 Å². The quantitative estimate of drug-likeness (QED) is 0.747. The maximum atomic E-state index is 13.0. The molecular weight excluding hydrogens is 374 g/mol. The van der Waals surface area contributed by atoms with Crippen molar-refractivity contribution in [2.24, 2.45) is 0 Å². The fraction of sp³-hybridized carbons (Fsp3) is 0.360. The van der Waals surface area contributed by atoms with Gasteiger partial charge >= 0.3 is 0 Å². The number of anilines is 2. The van der Waals surface area contributed by atoms with Crippen molar-refractivity contribution < 1.29 is 9.59 Å². The van der Waals surface area contributed by atoms with Gasteiger partial charge in [0.2, 0.25) is 0 Å². The van der Waals surface area contributed by atoms with Gasteiger partial charge in [-0.1, -0.05) is 23.8 Å². The Morgan fingerprint density at radius 2 is 1.60 bits per heavy atom. The van der Waals surface area contributed by atoms with Gasteiger partial charge in [0.15, 0.2) is 0 Å². The van der Waals surface area contributed by atoms with Crippen LogP contribution in [0.2, 0.25) is 0 Å². The molecular formula is C25H29N3O2. The van der Waals surface area contributed by atoms with Gasteiger partial charge < -0.3 is 10.2 Å². The summed E-state index contributed by atoms with van der Waals surface area (Å²) >= 11 is 0. The Morgan fingerprint density at radius 1 is 0.900 bits per heavy atom. The molecule has 4 rings (SSSR count). The summed E-state index contributed by atoms with van der Waals surface area (Å²) in [6.07, 6.45) is 3.76. The van der Waals surface area contributed by atoms with Crippen molar-refractivity contribution in [2.75, 3.05) is 29.9 Å². The van der Waals surface area contributed by atoms with Gasteiger partial charge in [-0.25, -0.2) is 0 Å². The van der Waals surface area contributed by atoms with Crippen LogP contribution in [-0.4, -0.2) is 36.3 Å². The van der Waals surface area contributed by atoms with Crippen LogP contribution in [0.25, 0.3) is 5.57 Å². The lowest BCUT2D eigenvalue weighted by molar-refractivity contribution is -0.136. The Hall–Kier alpha value is -3.08. The molecule has 0 aromatic heterocycles. The predicted molar refractivity (Wildman–Crippen MR) is 121 cm³/mol. The molecule has 2 amide bonds. The average Bonchev–Trinajstić information content (AvgIpc) is 2.98. The van der Waals surface area contributed by atoms with E-state index in [0.29, 0.717) is 17.8 Å². The summed E-state index contributed by atoms with van der Waals surface area (Å²) in [5.41, 5.74) is 5.76. The average molecular weight is 404 g/mol. The number of carbonyl (C=O) groups is 2. The van der Waals surface area contributed by atoms with E-state index >= 15 is 0 Å².